The van der Waals surface area contributed by atoms with Gasteiger partial charge in [-0.2, -0.15) is 0 Å². The monoisotopic (exact) mass is 564 g/mol. The van der Waals surface area contributed by atoms with E-state index < -0.39 is 5.91 Å². The normalized spacial score (nSPS) is 14.1. The van der Waals surface area contributed by atoms with Gasteiger partial charge >= 0.3 is 0 Å². The van der Waals surface area contributed by atoms with Gasteiger partial charge in [-0.3, -0.25) is 14.7 Å². The van der Waals surface area contributed by atoms with Crippen molar-refractivity contribution >= 4 is 41.8 Å². The molecule has 0 atom stereocenters. The van der Waals surface area contributed by atoms with Gasteiger partial charge in [0.1, 0.15) is 22.3 Å². The molecule has 0 bridgehead atoms. The van der Waals surface area contributed by atoms with Crippen molar-refractivity contribution < 1.29 is 18.3 Å². The van der Waals surface area contributed by atoms with Gasteiger partial charge < -0.3 is 10.1 Å². The van der Waals surface area contributed by atoms with Crippen LogP contribution in [-0.2, 0) is 4.74 Å². The number of ether oxygens (including phenoxy) is 1. The van der Waals surface area contributed by atoms with Gasteiger partial charge in [0.2, 0.25) is 0 Å². The first-order valence-electron chi connectivity index (χ1n) is 12.4. The Balaban J connectivity index is 1.39. The number of carbonyl (C=O) groups is 1. The fraction of sp³-hybridized carbons (Fsp3) is 0.207. The number of thiol groups is 1. The highest BCUT2D eigenvalue weighted by atomic mass is 32.1. The van der Waals surface area contributed by atoms with Crippen LogP contribution in [0.2, 0.25) is 0 Å². The van der Waals surface area contributed by atoms with E-state index in [4.69, 9.17) is 4.74 Å². The molecule has 0 radical (unpaired) electrons. The van der Waals surface area contributed by atoms with E-state index in [1.54, 1.807) is 35.9 Å². The number of thiazole rings is 1. The Labute approximate surface area is 234 Å². The maximum atomic E-state index is 13.6. The summed E-state index contributed by atoms with van der Waals surface area (Å²) in [4.78, 5) is 25.2. The Morgan fingerprint density at radius 2 is 1.72 bits per heavy atom. The van der Waals surface area contributed by atoms with Crippen LogP contribution < -0.4 is 5.32 Å². The molecule has 4 aromatic rings. The number of halogens is 2. The van der Waals surface area contributed by atoms with E-state index in [1.807, 2.05) is 12.1 Å². The minimum absolute atomic E-state index is 0.236. The summed E-state index contributed by atoms with van der Waals surface area (Å²) in [5.41, 5.74) is 3.64. The van der Waals surface area contributed by atoms with Crippen molar-refractivity contribution in [3.63, 3.8) is 0 Å². The van der Waals surface area contributed by atoms with Gasteiger partial charge in [-0.1, -0.05) is 12.1 Å². The Morgan fingerprint density at radius 3 is 2.41 bits per heavy atom. The smallest absolute Gasteiger partial charge is 0.275 e. The van der Waals surface area contributed by atoms with Crippen molar-refractivity contribution in [3.05, 3.63) is 88.9 Å². The summed E-state index contributed by atoms with van der Waals surface area (Å²) in [5, 5.41) is 5.23. The zero-order valence-corrected chi connectivity index (χ0v) is 22.7. The molecule has 10 heteroatoms. The molecule has 0 unspecified atom stereocenters. The van der Waals surface area contributed by atoms with Crippen LogP contribution in [0.3, 0.4) is 0 Å². The largest absolute Gasteiger partial charge is 0.379 e. The second-order valence-corrected chi connectivity index (χ2v) is 10.3. The quantitative estimate of drug-likeness (QED) is 0.202. The molecule has 1 amide bonds. The van der Waals surface area contributed by atoms with Crippen LogP contribution in [0.25, 0.3) is 21.7 Å². The molecule has 1 aliphatic heterocycles. The summed E-state index contributed by atoms with van der Waals surface area (Å²) in [5.74, 6) is -1.09. The summed E-state index contributed by atoms with van der Waals surface area (Å²) in [6.45, 7) is 4.73. The third-order valence-electron chi connectivity index (χ3n) is 6.28. The van der Waals surface area contributed by atoms with Crippen LogP contribution in [0.1, 0.15) is 16.1 Å². The fourth-order valence-corrected chi connectivity index (χ4v) is 5.21. The van der Waals surface area contributed by atoms with E-state index in [0.717, 1.165) is 49.5 Å². The van der Waals surface area contributed by atoms with Gasteiger partial charge in [0.15, 0.2) is 0 Å². The SMILES string of the molecule is O=C(Nc1cc(C=NCCN2CCOCC2)c(S)cc1-c1ccc(F)cc1)c1csc(-c2ccc(F)cc2)n1. The van der Waals surface area contributed by atoms with Crippen LogP contribution in [-0.4, -0.2) is 61.4 Å². The first-order valence-corrected chi connectivity index (χ1v) is 13.7. The van der Waals surface area contributed by atoms with Crippen molar-refractivity contribution in [2.45, 2.75) is 4.90 Å². The van der Waals surface area contributed by atoms with E-state index in [0.29, 0.717) is 27.7 Å². The first-order chi connectivity index (χ1) is 19.0. The Kier molecular flexibility index (Phi) is 8.77. The lowest BCUT2D eigenvalue weighted by Crippen LogP contribution is -2.37. The van der Waals surface area contributed by atoms with Crippen molar-refractivity contribution in [2.75, 3.05) is 44.7 Å². The lowest BCUT2D eigenvalue weighted by atomic mass is 10.0. The average molecular weight is 565 g/mol. The first kappa shape index (κ1) is 27.1. The number of amides is 1. The second-order valence-electron chi connectivity index (χ2n) is 8.95. The molecule has 0 saturated carbocycles. The lowest BCUT2D eigenvalue weighted by molar-refractivity contribution is 0.0395. The third kappa shape index (κ3) is 6.96. The molecule has 1 saturated heterocycles. The van der Waals surface area contributed by atoms with E-state index in [9.17, 15) is 13.6 Å². The fourth-order valence-electron chi connectivity index (χ4n) is 4.16. The molecule has 1 aliphatic rings. The molecule has 0 aliphatic carbocycles. The second kappa shape index (κ2) is 12.6. The van der Waals surface area contributed by atoms with E-state index in [2.05, 4.69) is 32.8 Å². The summed E-state index contributed by atoms with van der Waals surface area (Å²) in [6, 6.07) is 15.6. The predicted molar refractivity (Wildman–Crippen MR) is 154 cm³/mol. The van der Waals surface area contributed by atoms with E-state index >= 15 is 0 Å². The molecule has 0 spiro atoms. The number of hydrogen-bond acceptors (Lipinski definition) is 7. The number of nitrogens with one attached hydrogen (secondary N) is 1. The number of hydrogen-bond donors (Lipinski definition) is 2. The Hall–Kier alpha value is -3.44. The number of aromatic nitrogens is 1. The Morgan fingerprint density at radius 1 is 1.05 bits per heavy atom. The minimum atomic E-state index is -0.398. The molecule has 2 heterocycles. The standard InChI is InChI=1S/C29H26F2N4O2S2/c30-22-5-1-19(2-6-22)24-16-27(38)21(17-32-9-10-35-11-13-37-14-12-35)15-25(24)33-28(36)26-18-39-29(34-26)20-3-7-23(31)8-4-20/h1-8,15-18,38H,9-14H2,(H,33,36). The topological polar surface area (TPSA) is 66.8 Å². The molecule has 1 N–H and O–H groups in total. The third-order valence-corrected chi connectivity index (χ3v) is 7.56. The van der Waals surface area contributed by atoms with Crippen LogP contribution in [0.4, 0.5) is 14.5 Å². The van der Waals surface area contributed by atoms with Crippen molar-refractivity contribution in [2.24, 2.45) is 4.99 Å². The number of carbonyl (C=O) groups excluding carboxylic acids is 1. The average Bonchev–Trinajstić information content (AvgIpc) is 3.45. The number of aliphatic imine (C=N–C) groups is 1. The molecule has 39 heavy (non-hydrogen) atoms. The van der Waals surface area contributed by atoms with Gasteiger partial charge in [-0.05, 0) is 54.1 Å². The molecule has 1 fully saturated rings. The van der Waals surface area contributed by atoms with E-state index in [-0.39, 0.29) is 17.3 Å². The van der Waals surface area contributed by atoms with Crippen LogP contribution in [0.5, 0.6) is 0 Å². The highest BCUT2D eigenvalue weighted by Crippen LogP contribution is 2.33. The molecule has 1 aromatic heterocycles. The van der Waals surface area contributed by atoms with Gasteiger partial charge in [0, 0.05) is 58.5 Å². The van der Waals surface area contributed by atoms with Crippen LogP contribution >= 0.6 is 24.0 Å². The summed E-state index contributed by atoms with van der Waals surface area (Å²) < 4.78 is 32.3. The summed E-state index contributed by atoms with van der Waals surface area (Å²) in [7, 11) is 0. The number of nitrogens with zero attached hydrogens (tertiary/aromatic N) is 3. The Bertz CT molecular complexity index is 1470. The molecular weight excluding hydrogens is 538 g/mol. The van der Waals surface area contributed by atoms with Gasteiger partial charge in [-0.15, -0.1) is 24.0 Å². The van der Waals surface area contributed by atoms with Crippen LogP contribution in [0.15, 0.2) is 75.9 Å². The number of anilines is 1. The van der Waals surface area contributed by atoms with Crippen LogP contribution in [0, 0.1) is 11.6 Å². The summed E-state index contributed by atoms with van der Waals surface area (Å²) in [6.07, 6.45) is 1.75. The molecule has 3 aromatic carbocycles. The zero-order chi connectivity index (χ0) is 27.2. The zero-order valence-electron chi connectivity index (χ0n) is 20.9. The van der Waals surface area contributed by atoms with Gasteiger partial charge in [0.25, 0.3) is 5.91 Å². The lowest BCUT2D eigenvalue weighted by Gasteiger charge is -2.25. The van der Waals surface area contributed by atoms with Gasteiger partial charge in [0.05, 0.1) is 19.8 Å². The highest BCUT2D eigenvalue weighted by molar-refractivity contribution is 7.80. The van der Waals surface area contributed by atoms with Crippen molar-refractivity contribution in [1.82, 2.24) is 9.88 Å². The number of morpholine rings is 1. The number of benzene rings is 3. The van der Waals surface area contributed by atoms with Gasteiger partial charge in [-0.25, -0.2) is 13.8 Å². The minimum Gasteiger partial charge on any atom is -0.379 e. The molecule has 6 nitrogen and oxygen atoms in total. The van der Waals surface area contributed by atoms with E-state index in [1.165, 1.54) is 35.6 Å². The highest BCUT2D eigenvalue weighted by Gasteiger charge is 2.17. The molecule has 5 rings (SSSR count). The van der Waals surface area contributed by atoms with Crippen molar-refractivity contribution in [3.8, 4) is 21.7 Å². The maximum absolute atomic E-state index is 13.6. The predicted octanol–water partition coefficient (Wildman–Crippen LogP) is 6.05. The maximum Gasteiger partial charge on any atom is 0.275 e. The molecular formula is C29H26F2N4O2S2. The molecule has 200 valence electrons. The van der Waals surface area contributed by atoms with Crippen molar-refractivity contribution in [1.29, 1.82) is 0 Å². The summed E-state index contributed by atoms with van der Waals surface area (Å²) >= 11 is 5.96. The number of rotatable bonds is 8.